The van der Waals surface area contributed by atoms with Gasteiger partial charge in [0.2, 0.25) is 5.95 Å². The Labute approximate surface area is 142 Å². The zero-order valence-electron chi connectivity index (χ0n) is 13.9. The van der Waals surface area contributed by atoms with Crippen LogP contribution in [0, 0.1) is 5.41 Å². The van der Waals surface area contributed by atoms with E-state index in [2.05, 4.69) is 14.9 Å². The van der Waals surface area contributed by atoms with Crippen LogP contribution in [0.3, 0.4) is 0 Å². The normalized spacial score (nSPS) is 30.8. The minimum Gasteiger partial charge on any atom is -0.378 e. The van der Waals surface area contributed by atoms with Crippen molar-refractivity contribution in [1.29, 1.82) is 0 Å². The Balaban J connectivity index is 1.42. The van der Waals surface area contributed by atoms with Crippen molar-refractivity contribution in [3.05, 3.63) is 18.5 Å². The molecule has 0 bridgehead atoms. The molecule has 0 unspecified atom stereocenters. The van der Waals surface area contributed by atoms with E-state index in [0.29, 0.717) is 32.9 Å². The van der Waals surface area contributed by atoms with Gasteiger partial charge in [-0.25, -0.2) is 9.97 Å². The molecule has 1 aromatic rings. The van der Waals surface area contributed by atoms with Crippen molar-refractivity contribution in [3.8, 4) is 0 Å². The lowest BCUT2D eigenvalue weighted by Gasteiger charge is -2.39. The number of nitrogens with zero attached hydrogens (tertiary/aromatic N) is 4. The molecule has 2 atom stereocenters. The van der Waals surface area contributed by atoms with Gasteiger partial charge in [-0.2, -0.15) is 0 Å². The molecule has 0 saturated carbocycles. The van der Waals surface area contributed by atoms with Crippen LogP contribution in [0.1, 0.15) is 19.3 Å². The first-order valence-electron chi connectivity index (χ1n) is 8.76. The zero-order chi connectivity index (χ0) is 16.4. The number of morpholine rings is 1. The average molecular weight is 332 g/mol. The topological polar surface area (TPSA) is 67.8 Å². The first-order valence-corrected chi connectivity index (χ1v) is 8.76. The number of carbonyl (C=O) groups is 1. The second-order valence-electron chi connectivity index (χ2n) is 7.02. The van der Waals surface area contributed by atoms with E-state index in [4.69, 9.17) is 9.47 Å². The number of hydrogen-bond donors (Lipinski definition) is 0. The van der Waals surface area contributed by atoms with E-state index in [9.17, 15) is 4.79 Å². The molecule has 7 nitrogen and oxygen atoms in total. The SMILES string of the molecule is O=C([C@H]1C[C@]2(CCCN(c3ncccn3)C2)CO1)N1CCOCC1. The fourth-order valence-corrected chi connectivity index (χ4v) is 4.05. The molecule has 1 aromatic heterocycles. The number of rotatable bonds is 2. The number of piperidine rings is 1. The standard InChI is InChI=1S/C17H24N4O3/c22-15(20-7-9-23-10-8-20)14-11-17(13-24-14)3-1-6-21(12-17)16-18-4-2-5-19-16/h2,4-5,14H,1,3,6-13H2/t14-,17+/m1/s1. The molecule has 1 spiro atoms. The molecule has 4 heterocycles. The summed E-state index contributed by atoms with van der Waals surface area (Å²) in [4.78, 5) is 25.5. The van der Waals surface area contributed by atoms with Crippen LogP contribution in [0.25, 0.3) is 0 Å². The van der Waals surface area contributed by atoms with Gasteiger partial charge >= 0.3 is 0 Å². The number of aromatic nitrogens is 2. The molecular weight excluding hydrogens is 308 g/mol. The van der Waals surface area contributed by atoms with Crippen molar-refractivity contribution in [3.63, 3.8) is 0 Å². The van der Waals surface area contributed by atoms with Gasteiger partial charge in [-0.3, -0.25) is 4.79 Å². The van der Waals surface area contributed by atoms with E-state index in [1.165, 1.54) is 0 Å². The van der Waals surface area contributed by atoms with E-state index in [1.807, 2.05) is 11.0 Å². The highest BCUT2D eigenvalue weighted by Crippen LogP contribution is 2.41. The molecule has 3 aliphatic rings. The monoisotopic (exact) mass is 332 g/mol. The maximum Gasteiger partial charge on any atom is 0.251 e. The molecule has 3 aliphatic heterocycles. The lowest BCUT2D eigenvalue weighted by molar-refractivity contribution is -0.144. The summed E-state index contributed by atoms with van der Waals surface area (Å²) in [7, 11) is 0. The van der Waals surface area contributed by atoms with Crippen LogP contribution in [0.5, 0.6) is 0 Å². The highest BCUT2D eigenvalue weighted by Gasteiger charge is 2.46. The molecule has 0 aliphatic carbocycles. The third-order valence-corrected chi connectivity index (χ3v) is 5.30. The van der Waals surface area contributed by atoms with Crippen LogP contribution in [-0.2, 0) is 14.3 Å². The maximum absolute atomic E-state index is 12.7. The van der Waals surface area contributed by atoms with Gasteiger partial charge in [-0.05, 0) is 25.3 Å². The van der Waals surface area contributed by atoms with E-state index in [-0.39, 0.29) is 17.4 Å². The summed E-state index contributed by atoms with van der Waals surface area (Å²) in [5, 5.41) is 0. The van der Waals surface area contributed by atoms with Gasteiger partial charge in [0, 0.05) is 44.0 Å². The second-order valence-corrected chi connectivity index (χ2v) is 7.02. The Bertz CT molecular complexity index is 578. The third kappa shape index (κ3) is 3.10. The van der Waals surface area contributed by atoms with Crippen molar-refractivity contribution < 1.29 is 14.3 Å². The Hall–Kier alpha value is -1.73. The summed E-state index contributed by atoms with van der Waals surface area (Å²) in [6, 6.07) is 1.83. The summed E-state index contributed by atoms with van der Waals surface area (Å²) in [6.45, 7) is 5.09. The number of ether oxygens (including phenoxy) is 2. The van der Waals surface area contributed by atoms with Crippen LogP contribution >= 0.6 is 0 Å². The summed E-state index contributed by atoms with van der Waals surface area (Å²) in [6.07, 6.45) is 6.23. The Kier molecular flexibility index (Phi) is 4.37. The van der Waals surface area contributed by atoms with Crippen molar-refractivity contribution in [2.75, 3.05) is 50.9 Å². The van der Waals surface area contributed by atoms with Crippen LogP contribution in [0.15, 0.2) is 18.5 Å². The molecule has 7 heteroatoms. The Morgan fingerprint density at radius 1 is 1.21 bits per heavy atom. The second kappa shape index (κ2) is 6.64. The van der Waals surface area contributed by atoms with Gasteiger partial charge in [-0.1, -0.05) is 0 Å². The van der Waals surface area contributed by atoms with Crippen LogP contribution in [-0.4, -0.2) is 72.9 Å². The minimum absolute atomic E-state index is 0.0457. The zero-order valence-corrected chi connectivity index (χ0v) is 13.9. The van der Waals surface area contributed by atoms with Gasteiger partial charge in [-0.15, -0.1) is 0 Å². The fraction of sp³-hybridized carbons (Fsp3) is 0.706. The van der Waals surface area contributed by atoms with E-state index in [0.717, 1.165) is 38.3 Å². The van der Waals surface area contributed by atoms with Crippen molar-refractivity contribution >= 4 is 11.9 Å². The number of hydrogen-bond acceptors (Lipinski definition) is 6. The average Bonchev–Trinajstić information content (AvgIpc) is 3.06. The third-order valence-electron chi connectivity index (χ3n) is 5.30. The predicted octanol–water partition coefficient (Wildman–Crippen LogP) is 0.711. The van der Waals surface area contributed by atoms with E-state index >= 15 is 0 Å². The number of carbonyl (C=O) groups excluding carboxylic acids is 1. The molecule has 0 aromatic carbocycles. The lowest BCUT2D eigenvalue weighted by Crippen LogP contribution is -2.47. The molecular formula is C17H24N4O3. The molecule has 1 amide bonds. The molecule has 0 radical (unpaired) electrons. The molecule has 3 fully saturated rings. The van der Waals surface area contributed by atoms with Crippen molar-refractivity contribution in [2.45, 2.75) is 25.4 Å². The molecule has 3 saturated heterocycles. The van der Waals surface area contributed by atoms with Crippen LogP contribution in [0.4, 0.5) is 5.95 Å². The molecule has 4 rings (SSSR count). The maximum atomic E-state index is 12.7. The summed E-state index contributed by atoms with van der Waals surface area (Å²) in [5.74, 6) is 0.905. The molecule has 130 valence electrons. The van der Waals surface area contributed by atoms with Gasteiger partial charge in [0.25, 0.3) is 5.91 Å². The highest BCUT2D eigenvalue weighted by molar-refractivity contribution is 5.81. The number of anilines is 1. The van der Waals surface area contributed by atoms with Crippen molar-refractivity contribution in [1.82, 2.24) is 14.9 Å². The van der Waals surface area contributed by atoms with Gasteiger partial charge in [0.05, 0.1) is 19.8 Å². The first kappa shape index (κ1) is 15.8. The summed E-state index contributed by atoms with van der Waals surface area (Å²) >= 11 is 0. The minimum atomic E-state index is -0.306. The van der Waals surface area contributed by atoms with Gasteiger partial charge < -0.3 is 19.3 Å². The smallest absolute Gasteiger partial charge is 0.251 e. The number of amides is 1. The quantitative estimate of drug-likeness (QED) is 0.795. The highest BCUT2D eigenvalue weighted by atomic mass is 16.5. The lowest BCUT2D eigenvalue weighted by atomic mass is 9.78. The van der Waals surface area contributed by atoms with Gasteiger partial charge in [0.15, 0.2) is 0 Å². The van der Waals surface area contributed by atoms with E-state index < -0.39 is 0 Å². The Morgan fingerprint density at radius 2 is 2.00 bits per heavy atom. The fourth-order valence-electron chi connectivity index (χ4n) is 4.05. The van der Waals surface area contributed by atoms with Crippen LogP contribution < -0.4 is 4.90 Å². The summed E-state index contributed by atoms with van der Waals surface area (Å²) < 4.78 is 11.3. The predicted molar refractivity (Wildman–Crippen MR) is 87.7 cm³/mol. The van der Waals surface area contributed by atoms with Crippen molar-refractivity contribution in [2.24, 2.45) is 5.41 Å². The molecule has 24 heavy (non-hydrogen) atoms. The van der Waals surface area contributed by atoms with Gasteiger partial charge in [0.1, 0.15) is 6.10 Å². The van der Waals surface area contributed by atoms with E-state index in [1.54, 1.807) is 12.4 Å². The largest absolute Gasteiger partial charge is 0.378 e. The Morgan fingerprint density at radius 3 is 2.79 bits per heavy atom. The summed E-state index contributed by atoms with van der Waals surface area (Å²) in [5.41, 5.74) is 0.0457. The van der Waals surface area contributed by atoms with Crippen LogP contribution in [0.2, 0.25) is 0 Å². The first-order chi connectivity index (χ1) is 11.8. The molecule has 0 N–H and O–H groups in total.